The van der Waals surface area contributed by atoms with Crippen LogP contribution in [-0.4, -0.2) is 53.4 Å². The lowest BCUT2D eigenvalue weighted by molar-refractivity contribution is 0.387. The molecule has 10 heteroatoms. The summed E-state index contributed by atoms with van der Waals surface area (Å²) in [6.07, 6.45) is 2.48. The van der Waals surface area contributed by atoms with Crippen LogP contribution in [0.5, 0.6) is 0 Å². The number of rotatable bonds is 6. The second kappa shape index (κ2) is 7.27. The van der Waals surface area contributed by atoms with Crippen molar-refractivity contribution < 1.29 is 16.8 Å². The maximum Gasteiger partial charge on any atom is 0.243 e. The highest BCUT2D eigenvalue weighted by Crippen LogP contribution is 2.24. The van der Waals surface area contributed by atoms with Gasteiger partial charge in [0, 0.05) is 25.7 Å². The second-order valence-electron chi connectivity index (χ2n) is 6.03. The minimum absolute atomic E-state index is 0. The molecule has 136 valence electrons. The van der Waals surface area contributed by atoms with E-state index in [0.29, 0.717) is 6.54 Å². The van der Waals surface area contributed by atoms with Gasteiger partial charge in [-0.05, 0) is 50.1 Å². The molecular formula is C14H22ClN3O4S2. The number of halogens is 1. The predicted octanol–water partition coefficient (Wildman–Crippen LogP) is 0.531. The topological polar surface area (TPSA) is 95.6 Å². The van der Waals surface area contributed by atoms with E-state index in [1.807, 2.05) is 0 Å². The Morgan fingerprint density at radius 3 is 2.12 bits per heavy atom. The summed E-state index contributed by atoms with van der Waals surface area (Å²) < 4.78 is 53.4. The highest BCUT2D eigenvalue weighted by molar-refractivity contribution is 7.89. The summed E-state index contributed by atoms with van der Waals surface area (Å²) in [7, 11) is -5.62. The van der Waals surface area contributed by atoms with E-state index in [0.717, 1.165) is 25.8 Å². The third kappa shape index (κ3) is 4.09. The highest BCUT2D eigenvalue weighted by atomic mass is 35.5. The molecule has 0 radical (unpaired) electrons. The van der Waals surface area contributed by atoms with E-state index in [9.17, 15) is 16.8 Å². The molecule has 1 aromatic rings. The molecule has 1 heterocycles. The minimum atomic E-state index is -3.62. The maximum absolute atomic E-state index is 12.6. The minimum Gasteiger partial charge on any atom is -0.315 e. The van der Waals surface area contributed by atoms with E-state index in [4.69, 9.17) is 0 Å². The van der Waals surface area contributed by atoms with Crippen molar-refractivity contribution in [2.75, 3.05) is 20.1 Å². The van der Waals surface area contributed by atoms with Gasteiger partial charge in [-0.15, -0.1) is 12.4 Å². The van der Waals surface area contributed by atoms with E-state index in [-0.39, 0.29) is 34.3 Å². The zero-order valence-corrected chi connectivity index (χ0v) is 15.8. The molecule has 3 rings (SSSR count). The van der Waals surface area contributed by atoms with Crippen LogP contribution in [0.4, 0.5) is 0 Å². The van der Waals surface area contributed by atoms with Gasteiger partial charge in [0.1, 0.15) is 0 Å². The summed E-state index contributed by atoms with van der Waals surface area (Å²) in [5, 5.41) is 3.14. The number of hydrogen-bond donors (Lipinski definition) is 2. The van der Waals surface area contributed by atoms with E-state index < -0.39 is 20.0 Å². The predicted molar refractivity (Wildman–Crippen MR) is 93.3 cm³/mol. The zero-order chi connectivity index (χ0) is 16.7. The molecule has 1 aliphatic carbocycles. The zero-order valence-electron chi connectivity index (χ0n) is 13.3. The van der Waals surface area contributed by atoms with Crippen molar-refractivity contribution in [3.8, 4) is 0 Å². The first-order valence-corrected chi connectivity index (χ1v) is 10.5. The van der Waals surface area contributed by atoms with Crippen LogP contribution in [0.3, 0.4) is 0 Å². The van der Waals surface area contributed by atoms with Crippen LogP contribution in [0.2, 0.25) is 0 Å². The Morgan fingerprint density at radius 1 is 1.04 bits per heavy atom. The normalized spacial score (nSPS) is 21.7. The molecule has 0 aromatic heterocycles. The molecule has 2 N–H and O–H groups in total. The molecule has 1 aromatic carbocycles. The van der Waals surface area contributed by atoms with Crippen molar-refractivity contribution >= 4 is 32.5 Å². The largest absolute Gasteiger partial charge is 0.315 e. The van der Waals surface area contributed by atoms with Gasteiger partial charge in [-0.1, -0.05) is 0 Å². The molecule has 0 spiro atoms. The summed E-state index contributed by atoms with van der Waals surface area (Å²) in [5.41, 5.74) is 0. The molecule has 1 saturated heterocycles. The lowest BCUT2D eigenvalue weighted by Gasteiger charge is -2.23. The van der Waals surface area contributed by atoms with Gasteiger partial charge in [0.25, 0.3) is 0 Å². The van der Waals surface area contributed by atoms with Crippen molar-refractivity contribution in [3.63, 3.8) is 0 Å². The average Bonchev–Trinajstić information content (AvgIpc) is 3.15. The highest BCUT2D eigenvalue weighted by Gasteiger charge is 2.31. The van der Waals surface area contributed by atoms with Gasteiger partial charge >= 0.3 is 0 Å². The first-order valence-electron chi connectivity index (χ1n) is 7.62. The Bertz CT molecular complexity index is 771. The Labute approximate surface area is 149 Å². The summed E-state index contributed by atoms with van der Waals surface area (Å²) in [5.74, 6) is 0. The summed E-state index contributed by atoms with van der Waals surface area (Å²) in [6, 6.07) is 5.35. The first kappa shape index (κ1) is 19.6. The standard InChI is InChI=1S/C14H21N3O4S2.ClH/c1-17(12-8-9-15-10-12)23(20,21)14-6-4-13(5-7-14)22(18,19)16-11-2-3-11;/h4-7,11-12,15-16H,2-3,8-10H2,1H3;1H. The van der Waals surface area contributed by atoms with Crippen LogP contribution in [0, 0.1) is 0 Å². The third-order valence-corrected chi connectivity index (χ3v) is 7.72. The van der Waals surface area contributed by atoms with Gasteiger partial charge in [0.05, 0.1) is 9.79 Å². The van der Waals surface area contributed by atoms with Gasteiger partial charge in [0.15, 0.2) is 0 Å². The maximum atomic E-state index is 12.6. The number of nitrogens with one attached hydrogen (secondary N) is 2. The summed E-state index contributed by atoms with van der Waals surface area (Å²) in [4.78, 5) is 0.200. The number of sulfonamides is 2. The monoisotopic (exact) mass is 395 g/mol. The Balaban J connectivity index is 0.00000208. The third-order valence-electron chi connectivity index (χ3n) is 4.26. The van der Waals surface area contributed by atoms with Gasteiger partial charge in [0.2, 0.25) is 20.0 Å². The molecule has 1 unspecified atom stereocenters. The fourth-order valence-electron chi connectivity index (χ4n) is 2.59. The van der Waals surface area contributed by atoms with Crippen LogP contribution < -0.4 is 10.0 Å². The Hall–Kier alpha value is -0.710. The van der Waals surface area contributed by atoms with Gasteiger partial charge in [-0.2, -0.15) is 4.31 Å². The Morgan fingerprint density at radius 2 is 1.62 bits per heavy atom. The second-order valence-corrected chi connectivity index (χ2v) is 9.75. The smallest absolute Gasteiger partial charge is 0.243 e. The lowest BCUT2D eigenvalue weighted by atomic mass is 10.3. The summed E-state index contributed by atoms with van der Waals surface area (Å²) >= 11 is 0. The number of hydrogen-bond acceptors (Lipinski definition) is 5. The number of benzene rings is 1. The molecule has 0 bridgehead atoms. The first-order chi connectivity index (χ1) is 10.8. The molecule has 1 atom stereocenters. The molecule has 2 fully saturated rings. The molecule has 24 heavy (non-hydrogen) atoms. The van der Waals surface area contributed by atoms with Crippen LogP contribution in [0.15, 0.2) is 34.1 Å². The van der Waals surface area contributed by atoms with Crippen molar-refractivity contribution in [2.45, 2.75) is 41.1 Å². The quantitative estimate of drug-likeness (QED) is 0.732. The molecule has 0 amide bonds. The average molecular weight is 396 g/mol. The number of nitrogens with zero attached hydrogens (tertiary/aromatic N) is 1. The fourth-order valence-corrected chi connectivity index (χ4v) is 5.28. The van der Waals surface area contributed by atoms with Crippen LogP contribution in [0.25, 0.3) is 0 Å². The van der Waals surface area contributed by atoms with Crippen molar-refractivity contribution in [1.82, 2.24) is 14.3 Å². The van der Waals surface area contributed by atoms with Gasteiger partial charge < -0.3 is 5.32 Å². The van der Waals surface area contributed by atoms with E-state index in [1.165, 1.54) is 28.6 Å². The van der Waals surface area contributed by atoms with Crippen LogP contribution in [0.1, 0.15) is 19.3 Å². The SMILES string of the molecule is CN(C1CCNC1)S(=O)(=O)c1ccc(S(=O)(=O)NC2CC2)cc1.Cl. The Kier molecular flexibility index (Phi) is 5.94. The van der Waals surface area contributed by atoms with Gasteiger partial charge in [-0.25, -0.2) is 21.6 Å². The van der Waals surface area contributed by atoms with E-state index in [1.54, 1.807) is 7.05 Å². The molecule has 1 saturated carbocycles. The van der Waals surface area contributed by atoms with Crippen molar-refractivity contribution in [2.24, 2.45) is 0 Å². The fraction of sp³-hybridized carbons (Fsp3) is 0.571. The van der Waals surface area contributed by atoms with E-state index in [2.05, 4.69) is 10.0 Å². The molecule has 1 aliphatic heterocycles. The molecular weight excluding hydrogens is 374 g/mol. The summed E-state index contributed by atoms with van der Waals surface area (Å²) in [6.45, 7) is 1.43. The van der Waals surface area contributed by atoms with Gasteiger partial charge in [-0.3, -0.25) is 0 Å². The van der Waals surface area contributed by atoms with Crippen molar-refractivity contribution in [3.05, 3.63) is 24.3 Å². The molecule has 2 aliphatic rings. The molecule has 7 nitrogen and oxygen atoms in total. The van der Waals surface area contributed by atoms with Crippen molar-refractivity contribution in [1.29, 1.82) is 0 Å². The van der Waals surface area contributed by atoms with Crippen LogP contribution in [-0.2, 0) is 20.0 Å². The number of likely N-dealkylation sites (N-methyl/N-ethyl adjacent to an activating group) is 1. The van der Waals surface area contributed by atoms with Crippen LogP contribution >= 0.6 is 12.4 Å². The lowest BCUT2D eigenvalue weighted by Crippen LogP contribution is -2.38. The van der Waals surface area contributed by atoms with E-state index >= 15 is 0 Å².